The van der Waals surface area contributed by atoms with Gasteiger partial charge in [-0.15, -0.1) is 0 Å². The van der Waals surface area contributed by atoms with Crippen LogP contribution in [-0.4, -0.2) is 55.0 Å². The molecule has 0 saturated heterocycles. The molecule has 0 unspecified atom stereocenters. The number of carbonyl (C=O) groups is 7. The van der Waals surface area contributed by atoms with Crippen molar-refractivity contribution in [3.8, 4) is 39.9 Å². The molecule has 14 nitrogen and oxygen atoms in total. The Morgan fingerprint density at radius 1 is 0.455 bits per heavy atom. The predicted octanol–water partition coefficient (Wildman–Crippen LogP) is 3.19. The Bertz CT molecular complexity index is 1490. The van der Waals surface area contributed by atoms with E-state index < -0.39 is 41.8 Å². The van der Waals surface area contributed by atoms with Gasteiger partial charge in [0.2, 0.25) is 0 Å². The van der Waals surface area contributed by atoms with Gasteiger partial charge in [-0.05, 0) is 29.3 Å². The van der Waals surface area contributed by atoms with Gasteiger partial charge < -0.3 is 33.2 Å². The van der Waals surface area contributed by atoms with E-state index in [1.807, 2.05) is 0 Å². The summed E-state index contributed by atoms with van der Waals surface area (Å²) in [6, 6.07) is 3.86. The highest BCUT2D eigenvalue weighted by atomic mass is 16.6. The van der Waals surface area contributed by atoms with Gasteiger partial charge in [0.25, 0.3) is 0 Å². The number of benzene rings is 2. The van der Waals surface area contributed by atoms with Crippen molar-refractivity contribution in [3.05, 3.63) is 29.3 Å². The predicted molar refractivity (Wildman–Crippen MR) is 149 cm³/mol. The fourth-order valence-electron chi connectivity index (χ4n) is 3.96. The van der Waals surface area contributed by atoms with Crippen LogP contribution in [0.5, 0.6) is 28.7 Å². The molecule has 0 aliphatic heterocycles. The Labute approximate surface area is 252 Å². The van der Waals surface area contributed by atoms with E-state index in [2.05, 4.69) is 0 Å². The molecule has 0 aromatic heterocycles. The van der Waals surface area contributed by atoms with Crippen LogP contribution in [0.3, 0.4) is 0 Å². The normalized spacial score (nSPS) is 10.2. The van der Waals surface area contributed by atoms with Crippen LogP contribution in [0.2, 0.25) is 0 Å². The first-order valence-electron chi connectivity index (χ1n) is 13.1. The van der Waals surface area contributed by atoms with Gasteiger partial charge in [0, 0.05) is 66.9 Å². The van der Waals surface area contributed by atoms with Crippen LogP contribution in [0.25, 0.3) is 11.1 Å². The monoisotopic (exact) mass is 616 g/mol. The summed E-state index contributed by atoms with van der Waals surface area (Å²) in [5, 5.41) is 0. The van der Waals surface area contributed by atoms with E-state index in [1.54, 1.807) is 0 Å². The SMILES string of the molecule is CC(=O)OCCc1cc(OC(C)=O)c(OC(C)=O)cc1-c1c(OC(C)=O)c(CCOC(C)=O)cc(OC(C)=O)c1OC(C)=O. The van der Waals surface area contributed by atoms with Crippen molar-refractivity contribution >= 4 is 41.8 Å². The molecule has 0 aliphatic rings. The third kappa shape index (κ3) is 10.5. The zero-order chi connectivity index (χ0) is 33.1. The van der Waals surface area contributed by atoms with Crippen molar-refractivity contribution in [1.29, 1.82) is 0 Å². The van der Waals surface area contributed by atoms with Crippen molar-refractivity contribution in [2.45, 2.75) is 61.3 Å². The molecule has 2 aromatic carbocycles. The first-order valence-corrected chi connectivity index (χ1v) is 13.1. The van der Waals surface area contributed by atoms with Gasteiger partial charge in [0.1, 0.15) is 5.75 Å². The molecule has 14 heteroatoms. The van der Waals surface area contributed by atoms with Gasteiger partial charge in [-0.1, -0.05) is 0 Å². The lowest BCUT2D eigenvalue weighted by Gasteiger charge is -2.23. The Morgan fingerprint density at radius 3 is 1.30 bits per heavy atom. The van der Waals surface area contributed by atoms with Crippen molar-refractivity contribution in [1.82, 2.24) is 0 Å². The molecule has 0 aliphatic carbocycles. The standard InChI is InChI=1S/C30H32O14/c1-15(31)38-10-8-22-12-25(40-17(3)33)26(41-18(4)34)14-24(22)28-29(43-20(6)36)23(9-11-39-16(2)32)13-27(42-19(5)35)30(28)44-21(7)37/h12-14H,8-11H2,1-7H3. The highest BCUT2D eigenvalue weighted by Gasteiger charge is 2.29. The molecule has 0 bridgehead atoms. The molecule has 2 rings (SSSR count). The van der Waals surface area contributed by atoms with Crippen LogP contribution in [0.15, 0.2) is 18.2 Å². The van der Waals surface area contributed by atoms with E-state index in [-0.39, 0.29) is 77.1 Å². The molecular weight excluding hydrogens is 584 g/mol. The second-order valence-electron chi connectivity index (χ2n) is 9.17. The molecule has 0 atom stereocenters. The van der Waals surface area contributed by atoms with Gasteiger partial charge in [0.15, 0.2) is 23.0 Å². The summed E-state index contributed by atoms with van der Waals surface area (Å²) < 4.78 is 37.2. The molecule has 0 amide bonds. The molecular formula is C30H32O14. The van der Waals surface area contributed by atoms with Gasteiger partial charge in [-0.2, -0.15) is 0 Å². The van der Waals surface area contributed by atoms with E-state index >= 15 is 0 Å². The molecule has 0 spiro atoms. The Hall–Kier alpha value is -5.27. The van der Waals surface area contributed by atoms with E-state index in [1.165, 1.54) is 32.0 Å². The maximum Gasteiger partial charge on any atom is 0.308 e. The lowest BCUT2D eigenvalue weighted by Crippen LogP contribution is -2.14. The number of hydrogen-bond donors (Lipinski definition) is 0. The second-order valence-corrected chi connectivity index (χ2v) is 9.17. The molecule has 0 N–H and O–H groups in total. The largest absolute Gasteiger partial charge is 0.466 e. The number of ether oxygens (including phenoxy) is 7. The van der Waals surface area contributed by atoms with E-state index in [0.29, 0.717) is 0 Å². The lowest BCUT2D eigenvalue weighted by molar-refractivity contribution is -0.141. The maximum absolute atomic E-state index is 12.4. The third-order valence-corrected chi connectivity index (χ3v) is 5.32. The first kappa shape index (κ1) is 34.9. The Morgan fingerprint density at radius 2 is 0.841 bits per heavy atom. The summed E-state index contributed by atoms with van der Waals surface area (Å²) in [6.07, 6.45) is -0.0992. The van der Waals surface area contributed by atoms with Crippen LogP contribution >= 0.6 is 0 Å². The first-order chi connectivity index (χ1) is 20.6. The van der Waals surface area contributed by atoms with Gasteiger partial charge >= 0.3 is 41.8 Å². The summed E-state index contributed by atoms with van der Waals surface area (Å²) in [7, 11) is 0. The molecule has 0 heterocycles. The van der Waals surface area contributed by atoms with Gasteiger partial charge in [0.05, 0.1) is 18.8 Å². The number of hydrogen-bond acceptors (Lipinski definition) is 14. The average molecular weight is 617 g/mol. The van der Waals surface area contributed by atoms with E-state index in [0.717, 1.165) is 34.6 Å². The summed E-state index contributed by atoms with van der Waals surface area (Å²) in [5.74, 6) is -6.38. The number of rotatable bonds is 12. The summed E-state index contributed by atoms with van der Waals surface area (Å²) in [4.78, 5) is 83.6. The highest BCUT2D eigenvalue weighted by Crippen LogP contribution is 2.50. The molecule has 2 aromatic rings. The third-order valence-electron chi connectivity index (χ3n) is 5.32. The number of esters is 7. The number of carbonyl (C=O) groups excluding carboxylic acids is 7. The minimum absolute atomic E-state index is 0.0386. The Kier molecular flexibility index (Phi) is 12.6. The summed E-state index contributed by atoms with van der Waals surface area (Å²) in [5.41, 5.74) is 0.422. The van der Waals surface area contributed by atoms with Crippen LogP contribution in [0.1, 0.15) is 59.6 Å². The van der Waals surface area contributed by atoms with E-state index in [9.17, 15) is 33.6 Å². The quantitative estimate of drug-likeness (QED) is 0.250. The van der Waals surface area contributed by atoms with Crippen molar-refractivity contribution < 1.29 is 66.7 Å². The van der Waals surface area contributed by atoms with Crippen LogP contribution < -0.4 is 23.7 Å². The zero-order valence-corrected chi connectivity index (χ0v) is 25.3. The summed E-state index contributed by atoms with van der Waals surface area (Å²) in [6.45, 7) is 7.56. The maximum atomic E-state index is 12.4. The second kappa shape index (κ2) is 15.8. The van der Waals surface area contributed by atoms with Crippen molar-refractivity contribution in [3.63, 3.8) is 0 Å². The van der Waals surface area contributed by atoms with Crippen molar-refractivity contribution in [2.75, 3.05) is 13.2 Å². The van der Waals surface area contributed by atoms with Crippen LogP contribution in [0, 0.1) is 0 Å². The minimum Gasteiger partial charge on any atom is -0.466 e. The molecule has 0 radical (unpaired) electrons. The minimum atomic E-state index is -0.848. The highest BCUT2D eigenvalue weighted by molar-refractivity contribution is 5.90. The molecule has 44 heavy (non-hydrogen) atoms. The smallest absolute Gasteiger partial charge is 0.308 e. The van der Waals surface area contributed by atoms with E-state index in [4.69, 9.17) is 33.2 Å². The van der Waals surface area contributed by atoms with Gasteiger partial charge in [-0.3, -0.25) is 33.6 Å². The average Bonchev–Trinajstić information content (AvgIpc) is 2.86. The van der Waals surface area contributed by atoms with Crippen LogP contribution in [-0.2, 0) is 55.9 Å². The fourth-order valence-corrected chi connectivity index (χ4v) is 3.96. The molecule has 0 saturated carbocycles. The lowest BCUT2D eigenvalue weighted by atomic mass is 9.92. The van der Waals surface area contributed by atoms with Crippen molar-refractivity contribution in [2.24, 2.45) is 0 Å². The molecule has 0 fully saturated rings. The van der Waals surface area contributed by atoms with Gasteiger partial charge in [-0.25, -0.2) is 0 Å². The topological polar surface area (TPSA) is 184 Å². The molecule has 236 valence electrons. The zero-order valence-electron chi connectivity index (χ0n) is 25.3. The fraction of sp³-hybridized carbons (Fsp3) is 0.367. The van der Waals surface area contributed by atoms with Crippen LogP contribution in [0.4, 0.5) is 0 Å². The Balaban J connectivity index is 3.15. The summed E-state index contributed by atoms with van der Waals surface area (Å²) >= 11 is 0.